The zero-order valence-electron chi connectivity index (χ0n) is 8.37. The van der Waals surface area contributed by atoms with Crippen LogP contribution in [0.4, 0.5) is 8.78 Å². The van der Waals surface area contributed by atoms with Gasteiger partial charge in [0.1, 0.15) is 17.5 Å². The van der Waals surface area contributed by atoms with E-state index in [1.54, 1.807) is 0 Å². The number of H-pyrrole nitrogens is 1. The first-order chi connectivity index (χ1) is 7.74. The summed E-state index contributed by atoms with van der Waals surface area (Å²) in [5, 5.41) is 6.73. The minimum Gasteiger partial charge on any atom is -0.262 e. The van der Waals surface area contributed by atoms with Crippen molar-refractivity contribution >= 4 is 0 Å². The Morgan fingerprint density at radius 1 is 1.25 bits per heavy atom. The lowest BCUT2D eigenvalue weighted by molar-refractivity contribution is 0.585. The molecule has 0 unspecified atom stereocenters. The molecular formula is C11H9F2N3. The van der Waals surface area contributed by atoms with Gasteiger partial charge in [-0.1, -0.05) is 0 Å². The Morgan fingerprint density at radius 3 is 2.75 bits per heavy atom. The van der Waals surface area contributed by atoms with Crippen LogP contribution in [0.5, 0.6) is 0 Å². The van der Waals surface area contributed by atoms with Crippen LogP contribution in [0.1, 0.15) is 24.6 Å². The van der Waals surface area contributed by atoms with E-state index in [0.29, 0.717) is 11.7 Å². The summed E-state index contributed by atoms with van der Waals surface area (Å²) in [4.78, 5) is 4.20. The Morgan fingerprint density at radius 2 is 2.06 bits per heavy atom. The number of benzene rings is 1. The fourth-order valence-electron chi connectivity index (χ4n) is 1.60. The van der Waals surface area contributed by atoms with E-state index < -0.39 is 11.6 Å². The fourth-order valence-corrected chi connectivity index (χ4v) is 1.60. The molecule has 1 N–H and O–H groups in total. The number of nitrogens with zero attached hydrogens (tertiary/aromatic N) is 2. The van der Waals surface area contributed by atoms with Crippen LogP contribution in [0.2, 0.25) is 0 Å². The molecule has 1 aliphatic carbocycles. The summed E-state index contributed by atoms with van der Waals surface area (Å²) in [5.74, 6) is 0.281. The van der Waals surface area contributed by atoms with E-state index >= 15 is 0 Å². The van der Waals surface area contributed by atoms with E-state index in [4.69, 9.17) is 0 Å². The van der Waals surface area contributed by atoms with Crippen molar-refractivity contribution in [1.82, 2.24) is 15.2 Å². The third-order valence-electron chi connectivity index (χ3n) is 2.64. The number of aromatic amines is 1. The van der Waals surface area contributed by atoms with Gasteiger partial charge in [0.25, 0.3) is 0 Å². The van der Waals surface area contributed by atoms with Gasteiger partial charge in [0.2, 0.25) is 0 Å². The minimum absolute atomic E-state index is 0.226. The van der Waals surface area contributed by atoms with Gasteiger partial charge in [-0.05, 0) is 25.0 Å². The second-order valence-electron chi connectivity index (χ2n) is 3.94. The SMILES string of the molecule is Fc1ccc(-c2n[nH]c(C3CC3)n2)c(F)c1. The van der Waals surface area contributed by atoms with E-state index in [0.717, 1.165) is 24.7 Å². The number of halogens is 2. The van der Waals surface area contributed by atoms with E-state index in [2.05, 4.69) is 15.2 Å². The smallest absolute Gasteiger partial charge is 0.184 e. The molecular weight excluding hydrogens is 212 g/mol. The maximum absolute atomic E-state index is 13.4. The highest BCUT2D eigenvalue weighted by Crippen LogP contribution is 2.38. The molecule has 0 radical (unpaired) electrons. The molecule has 1 aromatic heterocycles. The second kappa shape index (κ2) is 3.37. The van der Waals surface area contributed by atoms with Crippen molar-refractivity contribution in [2.75, 3.05) is 0 Å². The van der Waals surface area contributed by atoms with Crippen molar-refractivity contribution in [2.45, 2.75) is 18.8 Å². The van der Waals surface area contributed by atoms with Crippen LogP contribution in [-0.4, -0.2) is 15.2 Å². The summed E-state index contributed by atoms with van der Waals surface area (Å²) in [7, 11) is 0. The summed E-state index contributed by atoms with van der Waals surface area (Å²) in [5.41, 5.74) is 0.226. The lowest BCUT2D eigenvalue weighted by Gasteiger charge is -1.97. The summed E-state index contributed by atoms with van der Waals surface area (Å²) in [6.45, 7) is 0. The molecule has 1 fully saturated rings. The van der Waals surface area contributed by atoms with E-state index in [1.165, 1.54) is 12.1 Å². The van der Waals surface area contributed by atoms with Gasteiger partial charge in [-0.2, -0.15) is 5.10 Å². The number of nitrogens with one attached hydrogen (secondary N) is 1. The predicted octanol–water partition coefficient (Wildman–Crippen LogP) is 2.63. The molecule has 0 amide bonds. The Kier molecular flexibility index (Phi) is 1.99. The molecule has 1 aliphatic rings. The van der Waals surface area contributed by atoms with Gasteiger partial charge in [0, 0.05) is 12.0 Å². The average Bonchev–Trinajstić information content (AvgIpc) is 2.98. The van der Waals surface area contributed by atoms with Crippen LogP contribution in [-0.2, 0) is 0 Å². The van der Waals surface area contributed by atoms with Crippen molar-refractivity contribution in [2.24, 2.45) is 0 Å². The maximum atomic E-state index is 13.4. The number of hydrogen-bond acceptors (Lipinski definition) is 2. The van der Waals surface area contributed by atoms with Gasteiger partial charge >= 0.3 is 0 Å². The lowest BCUT2D eigenvalue weighted by Crippen LogP contribution is -1.88. The molecule has 3 nitrogen and oxygen atoms in total. The molecule has 1 heterocycles. The molecule has 0 spiro atoms. The Bertz CT molecular complexity index is 532. The van der Waals surface area contributed by atoms with Gasteiger partial charge in [-0.15, -0.1) is 0 Å². The maximum Gasteiger partial charge on any atom is 0.184 e. The van der Waals surface area contributed by atoms with Crippen LogP contribution in [0.25, 0.3) is 11.4 Å². The normalized spacial score (nSPS) is 15.4. The quantitative estimate of drug-likeness (QED) is 0.846. The first kappa shape index (κ1) is 9.45. The van der Waals surface area contributed by atoms with Crippen LogP contribution < -0.4 is 0 Å². The van der Waals surface area contributed by atoms with Crippen molar-refractivity contribution < 1.29 is 8.78 Å². The second-order valence-corrected chi connectivity index (χ2v) is 3.94. The van der Waals surface area contributed by atoms with Crippen LogP contribution >= 0.6 is 0 Å². The van der Waals surface area contributed by atoms with Gasteiger partial charge in [-0.25, -0.2) is 13.8 Å². The largest absolute Gasteiger partial charge is 0.262 e. The molecule has 1 saturated carbocycles. The van der Waals surface area contributed by atoms with Gasteiger partial charge in [-0.3, -0.25) is 5.10 Å². The standard InChI is InChI=1S/C11H9F2N3/c12-7-3-4-8(9(13)5-7)11-14-10(15-16-11)6-1-2-6/h3-6H,1-2H2,(H,14,15,16). The molecule has 0 saturated heterocycles. The molecule has 0 aliphatic heterocycles. The summed E-state index contributed by atoms with van der Waals surface area (Å²) in [6.07, 6.45) is 2.20. The zero-order valence-corrected chi connectivity index (χ0v) is 8.37. The van der Waals surface area contributed by atoms with Crippen molar-refractivity contribution in [3.05, 3.63) is 35.7 Å². The topological polar surface area (TPSA) is 41.6 Å². The molecule has 5 heteroatoms. The Hall–Kier alpha value is -1.78. The number of hydrogen-bond donors (Lipinski definition) is 1. The van der Waals surface area contributed by atoms with Gasteiger partial charge in [0.05, 0.1) is 5.56 Å². The highest BCUT2D eigenvalue weighted by Gasteiger charge is 2.27. The fraction of sp³-hybridized carbons (Fsp3) is 0.273. The third-order valence-corrected chi connectivity index (χ3v) is 2.64. The monoisotopic (exact) mass is 221 g/mol. The van der Waals surface area contributed by atoms with Crippen molar-refractivity contribution in [3.63, 3.8) is 0 Å². The lowest BCUT2D eigenvalue weighted by atomic mass is 10.2. The molecule has 82 valence electrons. The zero-order chi connectivity index (χ0) is 11.1. The molecule has 2 aromatic rings. The molecule has 0 atom stereocenters. The molecule has 3 rings (SSSR count). The van der Waals surface area contributed by atoms with Gasteiger partial charge in [0.15, 0.2) is 5.82 Å². The Labute approximate surface area is 90.5 Å². The van der Waals surface area contributed by atoms with E-state index in [1.807, 2.05) is 0 Å². The predicted molar refractivity (Wildman–Crippen MR) is 53.7 cm³/mol. The van der Waals surface area contributed by atoms with Gasteiger partial charge < -0.3 is 0 Å². The molecule has 1 aromatic carbocycles. The summed E-state index contributed by atoms with van der Waals surface area (Å²) >= 11 is 0. The average molecular weight is 221 g/mol. The first-order valence-electron chi connectivity index (χ1n) is 5.12. The van der Waals surface area contributed by atoms with Crippen molar-refractivity contribution in [1.29, 1.82) is 0 Å². The third kappa shape index (κ3) is 1.58. The molecule has 0 bridgehead atoms. The summed E-state index contributed by atoms with van der Waals surface area (Å²) < 4.78 is 26.1. The van der Waals surface area contributed by atoms with Crippen LogP contribution in [0, 0.1) is 11.6 Å². The Balaban J connectivity index is 2.00. The molecule has 16 heavy (non-hydrogen) atoms. The van der Waals surface area contributed by atoms with Crippen molar-refractivity contribution in [3.8, 4) is 11.4 Å². The van der Waals surface area contributed by atoms with E-state index in [-0.39, 0.29) is 5.56 Å². The van der Waals surface area contributed by atoms with Crippen LogP contribution in [0.15, 0.2) is 18.2 Å². The minimum atomic E-state index is -0.638. The number of rotatable bonds is 2. The van der Waals surface area contributed by atoms with Crippen LogP contribution in [0.3, 0.4) is 0 Å². The highest BCUT2D eigenvalue weighted by atomic mass is 19.1. The number of aromatic nitrogens is 3. The summed E-state index contributed by atoms with van der Waals surface area (Å²) in [6, 6.07) is 3.39. The van der Waals surface area contributed by atoms with E-state index in [9.17, 15) is 8.78 Å². The highest BCUT2D eigenvalue weighted by molar-refractivity contribution is 5.55. The first-order valence-corrected chi connectivity index (χ1v) is 5.12.